The summed E-state index contributed by atoms with van der Waals surface area (Å²) in [6.07, 6.45) is 0.291. The standard InChI is InChI=1S/C23H23N5O4.C20H19N5O4/c1-13(29)3-9-21(26-14(2)30)23(31)27-15-4-6-16(7-5-15)32-17-8-10-20-18(11-17)19(12-24)22(25)28-20;21-10-15-14-9-13(5-7-17(14)25-19(15)23)29-12-3-1-11(2-4-12)24-20(28)16(22)6-8-18(26)27/h4-8,10-11,21,28H,3,9,25H2,1-2H3,(H,26,30)(H,27,31);1-5,7,9,16,25H,6,8,22-23H2,(H,24,28)(H,26,27)/t21-;16-/m00/s1. The zero-order valence-electron chi connectivity index (χ0n) is 33.0. The van der Waals surface area contributed by atoms with Crippen LogP contribution in [0.4, 0.5) is 23.0 Å². The first-order chi connectivity index (χ1) is 29.1. The summed E-state index contributed by atoms with van der Waals surface area (Å²) in [5.41, 5.74) is 20.5. The molecule has 0 saturated heterocycles. The van der Waals surface area contributed by atoms with Crippen molar-refractivity contribution in [3.8, 4) is 35.1 Å². The van der Waals surface area contributed by atoms with Crippen molar-refractivity contribution in [3.63, 3.8) is 0 Å². The van der Waals surface area contributed by atoms with E-state index in [0.717, 1.165) is 11.0 Å². The van der Waals surface area contributed by atoms with Gasteiger partial charge in [0.25, 0.3) is 0 Å². The highest BCUT2D eigenvalue weighted by Crippen LogP contribution is 2.32. The van der Waals surface area contributed by atoms with Gasteiger partial charge in [0.2, 0.25) is 17.7 Å². The van der Waals surface area contributed by atoms with Crippen LogP contribution in [0.1, 0.15) is 50.7 Å². The van der Waals surface area contributed by atoms with E-state index in [2.05, 4.69) is 38.1 Å². The van der Waals surface area contributed by atoms with Crippen molar-refractivity contribution in [3.05, 3.63) is 96.1 Å². The Kier molecular flexibility index (Phi) is 14.3. The number of rotatable bonds is 15. The topological polar surface area (TPSA) is 317 Å². The van der Waals surface area contributed by atoms with E-state index in [-0.39, 0.29) is 37.4 Å². The average Bonchev–Trinajstić information content (AvgIpc) is 3.72. The van der Waals surface area contributed by atoms with Crippen molar-refractivity contribution >= 4 is 74.3 Å². The van der Waals surface area contributed by atoms with Gasteiger partial charge in [-0.1, -0.05) is 0 Å². The van der Waals surface area contributed by atoms with Crippen molar-refractivity contribution < 1.29 is 38.6 Å². The molecule has 0 fully saturated rings. The highest BCUT2D eigenvalue weighted by atomic mass is 16.5. The molecule has 0 bridgehead atoms. The molecule has 0 aliphatic heterocycles. The van der Waals surface area contributed by atoms with Gasteiger partial charge in [-0.25, -0.2) is 0 Å². The summed E-state index contributed by atoms with van der Waals surface area (Å²) in [6, 6.07) is 26.2. The van der Waals surface area contributed by atoms with Crippen LogP contribution < -0.4 is 42.6 Å². The van der Waals surface area contributed by atoms with Crippen molar-refractivity contribution in [2.24, 2.45) is 5.73 Å². The molecule has 6 rings (SSSR count). The first-order valence-electron chi connectivity index (χ1n) is 18.7. The number of nitrogens with zero attached hydrogens (tertiary/aromatic N) is 2. The van der Waals surface area contributed by atoms with Gasteiger partial charge < -0.3 is 62.5 Å². The molecule has 0 spiro atoms. The summed E-state index contributed by atoms with van der Waals surface area (Å²) in [6.45, 7) is 2.75. The molecule has 0 aliphatic carbocycles. The van der Waals surface area contributed by atoms with Gasteiger partial charge in [-0.2, -0.15) is 10.5 Å². The molecular weight excluding hydrogens is 785 g/mol. The lowest BCUT2D eigenvalue weighted by Gasteiger charge is -2.17. The van der Waals surface area contributed by atoms with E-state index in [9.17, 15) is 34.5 Å². The molecule has 61 heavy (non-hydrogen) atoms. The fourth-order valence-corrected chi connectivity index (χ4v) is 5.97. The minimum absolute atomic E-state index is 0.0548. The second-order valence-electron chi connectivity index (χ2n) is 13.7. The van der Waals surface area contributed by atoms with Gasteiger partial charge in [0, 0.05) is 52.9 Å². The number of Topliss-reactive ketones (excluding diaryl/α,β-unsaturated/α-hetero) is 1. The van der Waals surface area contributed by atoms with E-state index in [1.807, 2.05) is 0 Å². The SMILES string of the molecule is CC(=O)CC[C@H](NC(C)=O)C(=O)Nc1ccc(Oc2ccc3[nH]c(N)c(C#N)c3c2)cc1.N#Cc1c(N)[nH]c2ccc(Oc3ccc(NC(=O)[C@@H](N)CCC(=O)O)cc3)cc12. The zero-order chi connectivity index (χ0) is 44.2. The summed E-state index contributed by atoms with van der Waals surface area (Å²) < 4.78 is 11.6. The van der Waals surface area contributed by atoms with Gasteiger partial charge in [0.1, 0.15) is 69.7 Å². The van der Waals surface area contributed by atoms with Crippen LogP contribution in [0.25, 0.3) is 21.8 Å². The molecule has 18 heteroatoms. The number of nitrogen functional groups attached to an aromatic ring is 2. The van der Waals surface area contributed by atoms with E-state index in [0.29, 0.717) is 67.9 Å². The number of nitrogens with two attached hydrogens (primary N) is 3. The van der Waals surface area contributed by atoms with Crippen LogP contribution in [0.15, 0.2) is 84.9 Å². The van der Waals surface area contributed by atoms with Crippen molar-refractivity contribution in [1.29, 1.82) is 10.5 Å². The Morgan fingerprint density at radius 3 is 1.52 bits per heavy atom. The smallest absolute Gasteiger partial charge is 0.303 e. The van der Waals surface area contributed by atoms with E-state index >= 15 is 0 Å². The molecule has 0 unspecified atom stereocenters. The van der Waals surface area contributed by atoms with Crippen LogP contribution in [0.3, 0.4) is 0 Å². The number of carboxylic acids is 1. The van der Waals surface area contributed by atoms with E-state index in [4.69, 9.17) is 31.8 Å². The second kappa shape index (κ2) is 19.9. The van der Waals surface area contributed by atoms with Crippen molar-refractivity contribution in [2.75, 3.05) is 22.1 Å². The summed E-state index contributed by atoms with van der Waals surface area (Å²) in [7, 11) is 0. The van der Waals surface area contributed by atoms with Gasteiger partial charge >= 0.3 is 5.97 Å². The highest BCUT2D eigenvalue weighted by Gasteiger charge is 2.20. The first-order valence-corrected chi connectivity index (χ1v) is 18.7. The number of H-pyrrole nitrogens is 2. The molecule has 2 aromatic heterocycles. The normalized spacial score (nSPS) is 11.5. The number of hydrogen-bond donors (Lipinski definition) is 9. The molecular formula is C43H42N10O8. The molecule has 18 nitrogen and oxygen atoms in total. The van der Waals surface area contributed by atoms with Crippen molar-refractivity contribution in [1.82, 2.24) is 15.3 Å². The number of amides is 3. The Morgan fingerprint density at radius 1 is 0.672 bits per heavy atom. The zero-order valence-corrected chi connectivity index (χ0v) is 33.0. The van der Waals surface area contributed by atoms with E-state index in [1.165, 1.54) is 13.8 Å². The lowest BCUT2D eigenvalue weighted by Crippen LogP contribution is -2.43. The molecule has 312 valence electrons. The Bertz CT molecular complexity index is 2670. The first kappa shape index (κ1) is 43.8. The van der Waals surface area contributed by atoms with Gasteiger partial charge in [-0.05, 0) is 105 Å². The van der Waals surface area contributed by atoms with Gasteiger partial charge in [-0.3, -0.25) is 19.2 Å². The Balaban J connectivity index is 0.000000232. The Labute approximate surface area is 348 Å². The lowest BCUT2D eigenvalue weighted by atomic mass is 10.1. The molecule has 0 aliphatic rings. The molecule has 2 heterocycles. The number of carbonyl (C=O) groups is 5. The number of hydrogen-bond acceptors (Lipinski definition) is 12. The predicted octanol–water partition coefficient (Wildman–Crippen LogP) is 5.77. The number of ether oxygens (including phenoxy) is 2. The maximum atomic E-state index is 12.5. The third kappa shape index (κ3) is 11.9. The van der Waals surface area contributed by atoms with E-state index < -0.39 is 29.9 Å². The third-order valence-corrected chi connectivity index (χ3v) is 9.02. The van der Waals surface area contributed by atoms with Gasteiger partial charge in [-0.15, -0.1) is 0 Å². The number of aliphatic carboxylic acids is 1. The minimum Gasteiger partial charge on any atom is -0.481 e. The number of carboxylic acid groups (broad SMARTS) is 1. The number of nitriles is 2. The fourth-order valence-electron chi connectivity index (χ4n) is 5.97. The van der Waals surface area contributed by atoms with Gasteiger partial charge in [0.15, 0.2) is 0 Å². The largest absolute Gasteiger partial charge is 0.481 e. The number of fused-ring (bicyclic) bond motifs is 2. The van der Waals surface area contributed by atoms with Crippen LogP contribution in [0.2, 0.25) is 0 Å². The highest BCUT2D eigenvalue weighted by molar-refractivity contribution is 5.98. The average molecular weight is 827 g/mol. The molecule has 12 N–H and O–H groups in total. The number of aromatic amines is 2. The number of benzene rings is 4. The van der Waals surface area contributed by atoms with Crippen LogP contribution in [0, 0.1) is 22.7 Å². The molecule has 0 radical (unpaired) electrons. The molecule has 4 aromatic carbocycles. The predicted molar refractivity (Wildman–Crippen MR) is 228 cm³/mol. The van der Waals surface area contributed by atoms with Crippen LogP contribution >= 0.6 is 0 Å². The van der Waals surface area contributed by atoms with Crippen LogP contribution in [-0.4, -0.2) is 56.6 Å². The summed E-state index contributed by atoms with van der Waals surface area (Å²) >= 11 is 0. The number of nitrogens with one attached hydrogen (secondary N) is 5. The molecule has 2 atom stereocenters. The van der Waals surface area contributed by atoms with Gasteiger partial charge in [0.05, 0.1) is 6.04 Å². The second-order valence-corrected chi connectivity index (χ2v) is 13.7. The lowest BCUT2D eigenvalue weighted by molar-refractivity contribution is -0.137. The minimum atomic E-state index is -1.00. The third-order valence-electron chi connectivity index (χ3n) is 9.02. The Hall–Kier alpha value is -8.35. The monoisotopic (exact) mass is 826 g/mol. The summed E-state index contributed by atoms with van der Waals surface area (Å²) in [4.78, 5) is 63.5. The molecule has 3 amide bonds. The quantitative estimate of drug-likeness (QED) is 0.0594. The molecule has 0 saturated carbocycles. The summed E-state index contributed by atoms with van der Waals surface area (Å²) in [5.74, 6) is 0.447. The molecule has 6 aromatic rings. The number of ketones is 1. The summed E-state index contributed by atoms with van der Waals surface area (Å²) in [5, 5.41) is 36.4. The Morgan fingerprint density at radius 2 is 1.11 bits per heavy atom. The fraction of sp³-hybridized carbons (Fsp3) is 0.186. The number of carbonyl (C=O) groups excluding carboxylic acids is 4. The van der Waals surface area contributed by atoms with Crippen LogP contribution in [-0.2, 0) is 24.0 Å². The maximum absolute atomic E-state index is 12.5. The maximum Gasteiger partial charge on any atom is 0.303 e. The van der Waals surface area contributed by atoms with E-state index in [1.54, 1.807) is 84.9 Å². The van der Waals surface area contributed by atoms with Crippen LogP contribution in [0.5, 0.6) is 23.0 Å². The number of aromatic nitrogens is 2. The number of anilines is 4. The van der Waals surface area contributed by atoms with Crippen molar-refractivity contribution in [2.45, 2.75) is 51.6 Å².